The summed E-state index contributed by atoms with van der Waals surface area (Å²) in [5.74, 6) is -1.53. The SMILES string of the molecule is CCN(CC)c1ccc(C2/C(=C(\O)c3cc(Cl)c(OC)c(Cl)c3)C(=O)C(=O)N2Cc2cc(C)ccc2C)cc1. The number of carbonyl (C=O) groups excluding carboxylic acids is 2. The standard InChI is InChI=1S/C31H32Cl2N2O4/c1-6-34(7-2)23-12-10-20(11-13-23)27-26(28(36)21-15-24(32)30(39-5)25(33)16-21)29(37)31(38)35(27)17-22-14-18(3)8-9-19(22)4/h8-16,27,36H,6-7,17H2,1-5H3/b28-26+. The van der Waals surface area contributed by atoms with Gasteiger partial charge in [0.15, 0.2) is 5.75 Å². The molecule has 1 N–H and O–H groups in total. The number of carbonyl (C=O) groups is 2. The lowest BCUT2D eigenvalue weighted by Crippen LogP contribution is -2.29. The van der Waals surface area contributed by atoms with Gasteiger partial charge in [0.2, 0.25) is 0 Å². The first kappa shape index (κ1) is 28.5. The number of hydrogen-bond acceptors (Lipinski definition) is 5. The van der Waals surface area contributed by atoms with E-state index in [9.17, 15) is 14.7 Å². The minimum Gasteiger partial charge on any atom is -0.507 e. The molecule has 1 heterocycles. The van der Waals surface area contributed by atoms with Crippen molar-refractivity contribution in [2.45, 2.75) is 40.3 Å². The Morgan fingerprint density at radius 2 is 1.59 bits per heavy atom. The lowest BCUT2D eigenvalue weighted by molar-refractivity contribution is -0.140. The smallest absolute Gasteiger partial charge is 0.295 e. The Bertz CT molecular complexity index is 1420. The van der Waals surface area contributed by atoms with Crippen LogP contribution in [0.5, 0.6) is 5.75 Å². The van der Waals surface area contributed by atoms with Crippen LogP contribution < -0.4 is 9.64 Å². The zero-order valence-electron chi connectivity index (χ0n) is 22.7. The second-order valence-corrected chi connectivity index (χ2v) is 10.4. The molecule has 4 rings (SSSR count). The summed E-state index contributed by atoms with van der Waals surface area (Å²) in [7, 11) is 1.44. The fourth-order valence-corrected chi connectivity index (χ4v) is 5.69. The predicted octanol–water partition coefficient (Wildman–Crippen LogP) is 7.09. The van der Waals surface area contributed by atoms with Gasteiger partial charge in [0.25, 0.3) is 11.7 Å². The highest BCUT2D eigenvalue weighted by molar-refractivity contribution is 6.46. The summed E-state index contributed by atoms with van der Waals surface area (Å²) in [5.41, 5.74) is 4.93. The number of hydrogen-bond donors (Lipinski definition) is 1. The summed E-state index contributed by atoms with van der Waals surface area (Å²) in [6.45, 7) is 10.0. The molecule has 1 amide bonds. The quantitative estimate of drug-likeness (QED) is 0.179. The van der Waals surface area contributed by atoms with E-state index in [-0.39, 0.29) is 39.2 Å². The lowest BCUT2D eigenvalue weighted by Gasteiger charge is -2.27. The molecule has 0 bridgehead atoms. The number of amides is 1. The fourth-order valence-electron chi connectivity index (χ4n) is 5.05. The molecular weight excluding hydrogens is 535 g/mol. The molecule has 204 valence electrons. The molecule has 1 aliphatic rings. The molecule has 1 atom stereocenters. The minimum absolute atomic E-state index is 0.0156. The van der Waals surface area contributed by atoms with E-state index in [1.54, 1.807) is 0 Å². The highest BCUT2D eigenvalue weighted by Crippen LogP contribution is 2.43. The monoisotopic (exact) mass is 566 g/mol. The van der Waals surface area contributed by atoms with Crippen molar-refractivity contribution in [3.8, 4) is 5.75 Å². The van der Waals surface area contributed by atoms with Crippen LogP contribution in [0.2, 0.25) is 10.0 Å². The Labute approximate surface area is 239 Å². The van der Waals surface area contributed by atoms with Crippen LogP contribution >= 0.6 is 23.2 Å². The molecule has 0 saturated carbocycles. The van der Waals surface area contributed by atoms with Crippen LogP contribution in [0.25, 0.3) is 5.76 Å². The van der Waals surface area contributed by atoms with Crippen LogP contribution in [0, 0.1) is 13.8 Å². The molecule has 1 fully saturated rings. The van der Waals surface area contributed by atoms with E-state index in [1.807, 2.05) is 56.3 Å². The summed E-state index contributed by atoms with van der Waals surface area (Å²) >= 11 is 12.7. The van der Waals surface area contributed by atoms with Gasteiger partial charge in [0.1, 0.15) is 5.76 Å². The maximum absolute atomic E-state index is 13.5. The van der Waals surface area contributed by atoms with Crippen molar-refractivity contribution in [2.75, 3.05) is 25.1 Å². The van der Waals surface area contributed by atoms with Crippen molar-refractivity contribution >= 4 is 46.3 Å². The Morgan fingerprint density at radius 3 is 2.15 bits per heavy atom. The van der Waals surface area contributed by atoms with Gasteiger partial charge in [-0.1, -0.05) is 59.1 Å². The van der Waals surface area contributed by atoms with Crippen molar-refractivity contribution in [2.24, 2.45) is 0 Å². The average molecular weight is 568 g/mol. The summed E-state index contributed by atoms with van der Waals surface area (Å²) in [5, 5.41) is 11.8. The summed E-state index contributed by atoms with van der Waals surface area (Å²) < 4.78 is 5.22. The zero-order chi connectivity index (χ0) is 28.4. The number of methoxy groups -OCH3 is 1. The Hall–Kier alpha value is -3.48. The molecule has 0 spiro atoms. The minimum atomic E-state index is -0.810. The van der Waals surface area contributed by atoms with E-state index in [0.717, 1.165) is 35.5 Å². The largest absolute Gasteiger partial charge is 0.507 e. The Balaban J connectivity index is 1.89. The second-order valence-electron chi connectivity index (χ2n) is 9.59. The topological polar surface area (TPSA) is 70.1 Å². The van der Waals surface area contributed by atoms with Crippen LogP contribution in [-0.2, 0) is 16.1 Å². The normalized spacial score (nSPS) is 16.6. The van der Waals surface area contributed by atoms with E-state index in [0.29, 0.717) is 5.56 Å². The van der Waals surface area contributed by atoms with Gasteiger partial charge < -0.3 is 19.6 Å². The number of likely N-dealkylation sites (tertiary alicyclic amines) is 1. The molecule has 0 radical (unpaired) electrons. The number of ether oxygens (including phenoxy) is 1. The van der Waals surface area contributed by atoms with Crippen LogP contribution in [0.3, 0.4) is 0 Å². The number of aliphatic hydroxyl groups excluding tert-OH is 1. The van der Waals surface area contributed by atoms with E-state index >= 15 is 0 Å². The third-order valence-electron chi connectivity index (χ3n) is 7.20. The number of nitrogens with zero attached hydrogens (tertiary/aromatic N) is 2. The molecule has 0 aromatic heterocycles. The molecule has 8 heteroatoms. The number of Topliss-reactive ketones (excluding diaryl/α,β-unsaturated/α-hetero) is 1. The van der Waals surface area contributed by atoms with Crippen molar-refractivity contribution < 1.29 is 19.4 Å². The lowest BCUT2D eigenvalue weighted by atomic mass is 9.94. The van der Waals surface area contributed by atoms with Crippen LogP contribution in [-0.4, -0.2) is 41.9 Å². The highest BCUT2D eigenvalue weighted by atomic mass is 35.5. The van der Waals surface area contributed by atoms with Gasteiger partial charge in [-0.15, -0.1) is 0 Å². The molecule has 0 aliphatic carbocycles. The van der Waals surface area contributed by atoms with E-state index in [2.05, 4.69) is 18.7 Å². The van der Waals surface area contributed by atoms with E-state index < -0.39 is 17.7 Å². The van der Waals surface area contributed by atoms with E-state index in [1.165, 1.54) is 24.1 Å². The summed E-state index contributed by atoms with van der Waals surface area (Å²) in [4.78, 5) is 30.7. The van der Waals surface area contributed by atoms with Gasteiger partial charge in [0.05, 0.1) is 28.8 Å². The first-order valence-electron chi connectivity index (χ1n) is 12.8. The molecule has 3 aromatic carbocycles. The second kappa shape index (κ2) is 11.7. The average Bonchev–Trinajstić information content (AvgIpc) is 3.16. The number of aliphatic hydroxyl groups is 1. The maximum Gasteiger partial charge on any atom is 0.295 e. The van der Waals surface area contributed by atoms with Crippen LogP contribution in [0.1, 0.15) is 47.7 Å². The zero-order valence-corrected chi connectivity index (χ0v) is 24.2. The number of benzene rings is 3. The van der Waals surface area contributed by atoms with Gasteiger partial charge in [-0.05, 0) is 68.7 Å². The van der Waals surface area contributed by atoms with Gasteiger partial charge in [-0.3, -0.25) is 9.59 Å². The third kappa shape index (κ3) is 5.49. The molecule has 39 heavy (non-hydrogen) atoms. The van der Waals surface area contributed by atoms with Gasteiger partial charge >= 0.3 is 0 Å². The van der Waals surface area contributed by atoms with Crippen molar-refractivity contribution in [3.05, 3.63) is 98.0 Å². The van der Waals surface area contributed by atoms with Crippen LogP contribution in [0.4, 0.5) is 5.69 Å². The highest BCUT2D eigenvalue weighted by Gasteiger charge is 2.46. The van der Waals surface area contributed by atoms with Gasteiger partial charge in [-0.2, -0.15) is 0 Å². The van der Waals surface area contributed by atoms with Crippen LogP contribution in [0.15, 0.2) is 60.2 Å². The maximum atomic E-state index is 13.5. The molecule has 1 aliphatic heterocycles. The molecule has 1 unspecified atom stereocenters. The number of halogens is 2. The molecule has 3 aromatic rings. The Kier molecular flexibility index (Phi) is 8.57. The molecule has 1 saturated heterocycles. The Morgan fingerprint density at radius 1 is 0.974 bits per heavy atom. The fraction of sp³-hybridized carbons (Fsp3) is 0.290. The van der Waals surface area contributed by atoms with Gasteiger partial charge in [0, 0.05) is 30.9 Å². The number of anilines is 1. The number of aryl methyl sites for hydroxylation is 2. The van der Waals surface area contributed by atoms with E-state index in [4.69, 9.17) is 27.9 Å². The predicted molar refractivity (Wildman–Crippen MR) is 157 cm³/mol. The van der Waals surface area contributed by atoms with Crippen molar-refractivity contribution in [1.82, 2.24) is 4.90 Å². The first-order chi connectivity index (χ1) is 18.6. The third-order valence-corrected chi connectivity index (χ3v) is 7.76. The number of ketones is 1. The molecular formula is C31H32Cl2N2O4. The molecule has 6 nitrogen and oxygen atoms in total. The van der Waals surface area contributed by atoms with Crippen molar-refractivity contribution in [1.29, 1.82) is 0 Å². The summed E-state index contributed by atoms with van der Waals surface area (Å²) in [6, 6.07) is 15.9. The first-order valence-corrected chi connectivity index (χ1v) is 13.6. The van der Waals surface area contributed by atoms with Crippen molar-refractivity contribution in [3.63, 3.8) is 0 Å². The number of rotatable bonds is 8. The van der Waals surface area contributed by atoms with Gasteiger partial charge in [-0.25, -0.2) is 0 Å². The summed E-state index contributed by atoms with van der Waals surface area (Å²) in [6.07, 6.45) is 0.